The standard InChI is InChI=1S/C31H36Cl2FN3O3/c1-37-27(28(39)35-20-11-8-18(17-38)9-12-20)25(21-6-5-7-23(33)26(21)34)31(30(37)14-3-2-4-15-30)22-13-10-19(32)16-24(22)36-29(31)40/h5-7,10,13,16,18,20,25,27,38H,2-4,8-9,11-12,14-15,17H2,1H3,(H,35,39)(H,36,40)/t18?,20?,25-,27+,31+/m0/s1. The Balaban J connectivity index is 1.54. The quantitative estimate of drug-likeness (QED) is 0.423. The van der Waals surface area contributed by atoms with E-state index in [4.69, 9.17) is 23.2 Å². The van der Waals surface area contributed by atoms with Crippen molar-refractivity contribution in [2.24, 2.45) is 5.92 Å². The van der Waals surface area contributed by atoms with Gasteiger partial charge in [-0.2, -0.15) is 0 Å². The number of hydrogen-bond donors (Lipinski definition) is 3. The molecule has 2 aliphatic heterocycles. The van der Waals surface area contributed by atoms with Crippen LogP contribution in [0.25, 0.3) is 0 Å². The number of likely N-dealkylation sites (tertiary alicyclic amines) is 1. The summed E-state index contributed by atoms with van der Waals surface area (Å²) >= 11 is 12.7. The van der Waals surface area contributed by atoms with Gasteiger partial charge in [0.25, 0.3) is 0 Å². The van der Waals surface area contributed by atoms with Crippen molar-refractivity contribution in [1.82, 2.24) is 10.2 Å². The smallest absolute Gasteiger partial charge is 0.238 e. The number of aliphatic hydroxyl groups is 1. The first-order valence-electron chi connectivity index (χ1n) is 14.4. The van der Waals surface area contributed by atoms with Gasteiger partial charge < -0.3 is 15.7 Å². The van der Waals surface area contributed by atoms with E-state index in [0.29, 0.717) is 23.6 Å². The SMILES string of the molecule is CN1[C@@H](C(=O)NC2CCC(CO)CC2)[C@H](c2cccc(Cl)c2F)[C@]2(C(=O)Nc3cc(Cl)ccc32)C12CCCCC2. The van der Waals surface area contributed by atoms with Crippen LogP contribution in [-0.2, 0) is 15.0 Å². The second-order valence-electron chi connectivity index (χ2n) is 12.1. The number of carbonyl (C=O) groups is 2. The lowest BCUT2D eigenvalue weighted by Crippen LogP contribution is -2.60. The molecule has 2 heterocycles. The Bertz CT molecular complexity index is 1320. The average Bonchev–Trinajstić information content (AvgIpc) is 3.35. The molecule has 0 bridgehead atoms. The molecule has 2 spiro atoms. The molecule has 6 rings (SSSR count). The van der Waals surface area contributed by atoms with E-state index in [9.17, 15) is 14.7 Å². The van der Waals surface area contributed by atoms with Gasteiger partial charge in [-0.25, -0.2) is 4.39 Å². The second-order valence-corrected chi connectivity index (χ2v) is 13.0. The van der Waals surface area contributed by atoms with Crippen molar-refractivity contribution in [3.63, 3.8) is 0 Å². The molecule has 1 saturated heterocycles. The van der Waals surface area contributed by atoms with Crippen molar-refractivity contribution in [2.75, 3.05) is 19.0 Å². The number of rotatable bonds is 4. The number of halogens is 3. The van der Waals surface area contributed by atoms with Gasteiger partial charge in [-0.1, -0.05) is 60.7 Å². The number of amides is 2. The van der Waals surface area contributed by atoms with Crippen molar-refractivity contribution >= 4 is 40.7 Å². The predicted octanol–water partition coefficient (Wildman–Crippen LogP) is 5.79. The van der Waals surface area contributed by atoms with E-state index in [0.717, 1.165) is 50.5 Å². The molecular weight excluding hydrogens is 552 g/mol. The summed E-state index contributed by atoms with van der Waals surface area (Å²) in [7, 11) is 1.93. The molecule has 4 aliphatic rings. The van der Waals surface area contributed by atoms with Gasteiger partial charge in [0.05, 0.1) is 11.1 Å². The molecule has 2 saturated carbocycles. The Morgan fingerprint density at radius 3 is 2.55 bits per heavy atom. The van der Waals surface area contributed by atoms with Gasteiger partial charge in [0.1, 0.15) is 11.2 Å². The van der Waals surface area contributed by atoms with Crippen LogP contribution in [0.1, 0.15) is 74.8 Å². The number of anilines is 1. The van der Waals surface area contributed by atoms with Crippen molar-refractivity contribution in [3.8, 4) is 0 Å². The summed E-state index contributed by atoms with van der Waals surface area (Å²) in [6.45, 7) is 0.158. The zero-order chi connectivity index (χ0) is 28.2. The molecule has 9 heteroatoms. The summed E-state index contributed by atoms with van der Waals surface area (Å²) < 4.78 is 16.1. The molecule has 0 aromatic heterocycles. The monoisotopic (exact) mass is 587 g/mol. The van der Waals surface area contributed by atoms with Crippen LogP contribution in [0.4, 0.5) is 10.1 Å². The van der Waals surface area contributed by atoms with E-state index in [1.165, 1.54) is 6.07 Å². The number of aliphatic hydroxyl groups excluding tert-OH is 1. The van der Waals surface area contributed by atoms with Gasteiger partial charge in [-0.15, -0.1) is 0 Å². The molecule has 214 valence electrons. The number of nitrogens with zero attached hydrogens (tertiary/aromatic N) is 1. The van der Waals surface area contributed by atoms with Crippen LogP contribution in [-0.4, -0.2) is 53.1 Å². The maximum atomic E-state index is 16.1. The van der Waals surface area contributed by atoms with Gasteiger partial charge in [0.2, 0.25) is 11.8 Å². The van der Waals surface area contributed by atoms with E-state index in [1.807, 2.05) is 13.1 Å². The van der Waals surface area contributed by atoms with E-state index in [-0.39, 0.29) is 41.0 Å². The highest BCUT2D eigenvalue weighted by Gasteiger charge is 2.74. The highest BCUT2D eigenvalue weighted by atomic mass is 35.5. The molecule has 0 unspecified atom stereocenters. The molecule has 3 fully saturated rings. The van der Waals surface area contributed by atoms with Gasteiger partial charge in [-0.3, -0.25) is 14.5 Å². The average molecular weight is 589 g/mol. The third kappa shape index (κ3) is 4.03. The van der Waals surface area contributed by atoms with Crippen LogP contribution < -0.4 is 10.6 Å². The summed E-state index contributed by atoms with van der Waals surface area (Å²) in [5, 5.41) is 16.4. The highest BCUT2D eigenvalue weighted by Crippen LogP contribution is 2.66. The van der Waals surface area contributed by atoms with Crippen molar-refractivity contribution in [2.45, 2.75) is 86.7 Å². The first-order chi connectivity index (χ1) is 19.2. The molecule has 2 aromatic rings. The number of fused-ring (bicyclic) bond motifs is 3. The lowest BCUT2D eigenvalue weighted by molar-refractivity contribution is -0.128. The number of nitrogens with one attached hydrogen (secondary N) is 2. The van der Waals surface area contributed by atoms with Gasteiger partial charge in [0, 0.05) is 34.8 Å². The Morgan fingerprint density at radius 2 is 1.85 bits per heavy atom. The van der Waals surface area contributed by atoms with Crippen LogP contribution in [0.2, 0.25) is 10.0 Å². The summed E-state index contributed by atoms with van der Waals surface area (Å²) in [6.07, 6.45) is 7.54. The molecule has 2 amide bonds. The maximum absolute atomic E-state index is 16.1. The van der Waals surface area contributed by atoms with Crippen LogP contribution in [0.15, 0.2) is 36.4 Å². The van der Waals surface area contributed by atoms with E-state index in [1.54, 1.807) is 24.3 Å². The van der Waals surface area contributed by atoms with Crippen molar-refractivity contribution in [1.29, 1.82) is 0 Å². The molecule has 3 atom stereocenters. The third-order valence-corrected chi connectivity index (χ3v) is 10.9. The topological polar surface area (TPSA) is 81.7 Å². The van der Waals surface area contributed by atoms with Crippen LogP contribution in [0.5, 0.6) is 0 Å². The summed E-state index contributed by atoms with van der Waals surface area (Å²) in [6, 6.07) is 9.45. The van der Waals surface area contributed by atoms with Gasteiger partial charge in [0.15, 0.2) is 0 Å². The molecule has 2 aliphatic carbocycles. The third-order valence-electron chi connectivity index (χ3n) is 10.3. The fourth-order valence-corrected chi connectivity index (χ4v) is 8.88. The Labute approximate surface area is 244 Å². The lowest BCUT2D eigenvalue weighted by Gasteiger charge is -2.49. The molecule has 6 nitrogen and oxygen atoms in total. The van der Waals surface area contributed by atoms with Gasteiger partial charge >= 0.3 is 0 Å². The minimum Gasteiger partial charge on any atom is -0.396 e. The minimum atomic E-state index is -1.22. The first-order valence-corrected chi connectivity index (χ1v) is 15.2. The largest absolute Gasteiger partial charge is 0.396 e. The Morgan fingerprint density at radius 1 is 1.12 bits per heavy atom. The molecular formula is C31H36Cl2FN3O3. The van der Waals surface area contributed by atoms with Gasteiger partial charge in [-0.05, 0) is 80.8 Å². The van der Waals surface area contributed by atoms with E-state index < -0.39 is 28.7 Å². The molecule has 2 aromatic carbocycles. The van der Waals surface area contributed by atoms with Crippen molar-refractivity contribution < 1.29 is 19.1 Å². The number of benzene rings is 2. The van der Waals surface area contributed by atoms with E-state index >= 15 is 4.39 Å². The first kappa shape index (κ1) is 28.0. The predicted molar refractivity (Wildman–Crippen MR) is 154 cm³/mol. The second kappa shape index (κ2) is 10.6. The summed E-state index contributed by atoms with van der Waals surface area (Å²) in [5.74, 6) is -1.57. The summed E-state index contributed by atoms with van der Waals surface area (Å²) in [5.41, 5.74) is -0.261. The number of likely N-dealkylation sites (N-methyl/N-ethyl adjacent to an activating group) is 1. The molecule has 3 N–H and O–H groups in total. The fourth-order valence-electron chi connectivity index (χ4n) is 8.52. The van der Waals surface area contributed by atoms with Crippen LogP contribution >= 0.6 is 23.2 Å². The highest BCUT2D eigenvalue weighted by molar-refractivity contribution is 6.31. The lowest BCUT2D eigenvalue weighted by atomic mass is 9.55. The zero-order valence-electron chi connectivity index (χ0n) is 22.7. The Kier molecular flexibility index (Phi) is 7.39. The molecule has 40 heavy (non-hydrogen) atoms. The maximum Gasteiger partial charge on any atom is 0.238 e. The number of hydrogen-bond acceptors (Lipinski definition) is 4. The zero-order valence-corrected chi connectivity index (χ0v) is 24.2. The molecule has 0 radical (unpaired) electrons. The Hall–Kier alpha value is -2.19. The normalized spacial score (nSPS) is 31.4. The van der Waals surface area contributed by atoms with Crippen molar-refractivity contribution in [3.05, 3.63) is 63.4 Å². The fraction of sp³-hybridized carbons (Fsp3) is 0.548. The van der Waals surface area contributed by atoms with Crippen LogP contribution in [0, 0.1) is 11.7 Å². The van der Waals surface area contributed by atoms with Crippen LogP contribution in [0.3, 0.4) is 0 Å². The number of carbonyl (C=O) groups excluding carboxylic acids is 2. The summed E-state index contributed by atoms with van der Waals surface area (Å²) in [4.78, 5) is 31.0. The minimum absolute atomic E-state index is 0.0314. The van der Waals surface area contributed by atoms with E-state index in [2.05, 4.69) is 15.5 Å².